The van der Waals surface area contributed by atoms with E-state index in [0.29, 0.717) is 13.0 Å². The second kappa shape index (κ2) is 10.8. The first kappa shape index (κ1) is 21.0. The van der Waals surface area contributed by atoms with E-state index in [9.17, 15) is 4.79 Å². The molecule has 0 aliphatic carbocycles. The molecule has 2 heterocycles. The highest BCUT2D eigenvalue weighted by Crippen LogP contribution is 2.23. The van der Waals surface area contributed by atoms with Crippen LogP contribution in [0.1, 0.15) is 31.2 Å². The first-order valence-electron chi connectivity index (χ1n) is 9.46. The van der Waals surface area contributed by atoms with Gasteiger partial charge >= 0.3 is 0 Å². The van der Waals surface area contributed by atoms with Crippen LogP contribution >= 0.6 is 12.4 Å². The molecule has 0 bridgehead atoms. The van der Waals surface area contributed by atoms with Gasteiger partial charge in [-0.05, 0) is 49.3 Å². The van der Waals surface area contributed by atoms with Gasteiger partial charge in [0.05, 0.1) is 20.3 Å². The van der Waals surface area contributed by atoms with Crippen molar-refractivity contribution < 1.29 is 14.3 Å². The fourth-order valence-corrected chi connectivity index (χ4v) is 3.72. The van der Waals surface area contributed by atoms with E-state index in [2.05, 4.69) is 17.4 Å². The van der Waals surface area contributed by atoms with Crippen LogP contribution in [0.25, 0.3) is 0 Å². The number of rotatable bonds is 6. The van der Waals surface area contributed by atoms with Gasteiger partial charge in [0.2, 0.25) is 5.91 Å². The van der Waals surface area contributed by atoms with Crippen LogP contribution in [-0.4, -0.2) is 56.8 Å². The Morgan fingerprint density at radius 1 is 1.27 bits per heavy atom. The molecule has 0 spiro atoms. The van der Waals surface area contributed by atoms with Crippen molar-refractivity contribution in [2.45, 2.75) is 38.1 Å². The number of hydrogen-bond donors (Lipinski definition) is 1. The molecule has 2 saturated heterocycles. The molecular weight excluding hydrogens is 352 g/mol. The van der Waals surface area contributed by atoms with Gasteiger partial charge in [0.25, 0.3) is 0 Å². The third kappa shape index (κ3) is 6.15. The zero-order valence-electron chi connectivity index (χ0n) is 15.6. The molecule has 1 aromatic carbocycles. The van der Waals surface area contributed by atoms with Crippen molar-refractivity contribution in [2.24, 2.45) is 5.92 Å². The largest absolute Gasteiger partial charge is 0.497 e. The number of amides is 1. The molecule has 6 heteroatoms. The number of morpholine rings is 1. The number of nitrogens with one attached hydrogen (secondary N) is 1. The number of carbonyl (C=O) groups is 1. The van der Waals surface area contributed by atoms with Crippen molar-refractivity contribution in [1.29, 1.82) is 0 Å². The Balaban J connectivity index is 0.00000243. The average molecular weight is 383 g/mol. The van der Waals surface area contributed by atoms with Crippen molar-refractivity contribution in [2.75, 3.05) is 40.0 Å². The minimum atomic E-state index is 0. The number of benzene rings is 1. The topological polar surface area (TPSA) is 50.8 Å². The van der Waals surface area contributed by atoms with Gasteiger partial charge in [-0.15, -0.1) is 12.4 Å². The molecule has 1 N–H and O–H groups in total. The standard InChI is InChI=1S/C20H30N2O3.ClH/c1-24-19-6-4-16(5-7-19)2-3-17-8-11-22(12-9-17)20(23)14-18-15-25-13-10-21-18;/h4-7,17-18,21H,2-3,8-15H2,1H3;1H. The summed E-state index contributed by atoms with van der Waals surface area (Å²) in [6.45, 7) is 4.07. The van der Waals surface area contributed by atoms with Gasteiger partial charge in [-0.1, -0.05) is 12.1 Å². The van der Waals surface area contributed by atoms with Crippen LogP contribution < -0.4 is 10.1 Å². The zero-order valence-corrected chi connectivity index (χ0v) is 16.4. The third-order valence-corrected chi connectivity index (χ3v) is 5.39. The van der Waals surface area contributed by atoms with E-state index in [-0.39, 0.29) is 24.4 Å². The number of likely N-dealkylation sites (tertiary alicyclic amines) is 1. The normalized spacial score (nSPS) is 21.1. The van der Waals surface area contributed by atoms with Crippen LogP contribution in [-0.2, 0) is 16.0 Å². The van der Waals surface area contributed by atoms with Gasteiger partial charge in [-0.3, -0.25) is 4.79 Å². The quantitative estimate of drug-likeness (QED) is 0.821. The Hall–Kier alpha value is -1.30. The lowest BCUT2D eigenvalue weighted by Gasteiger charge is -2.33. The van der Waals surface area contributed by atoms with Crippen LogP contribution in [0, 0.1) is 5.92 Å². The number of ether oxygens (including phenoxy) is 2. The lowest BCUT2D eigenvalue weighted by atomic mass is 9.90. The smallest absolute Gasteiger partial charge is 0.224 e. The summed E-state index contributed by atoms with van der Waals surface area (Å²) in [6.07, 6.45) is 5.11. The predicted octanol–water partition coefficient (Wildman–Crippen LogP) is 2.67. The van der Waals surface area contributed by atoms with Crippen molar-refractivity contribution in [3.63, 3.8) is 0 Å². The van der Waals surface area contributed by atoms with Gasteiger partial charge in [0.1, 0.15) is 5.75 Å². The summed E-state index contributed by atoms with van der Waals surface area (Å²) in [7, 11) is 1.70. The van der Waals surface area contributed by atoms with Crippen molar-refractivity contribution in [1.82, 2.24) is 10.2 Å². The Morgan fingerprint density at radius 2 is 2.00 bits per heavy atom. The number of aryl methyl sites for hydroxylation is 1. The third-order valence-electron chi connectivity index (χ3n) is 5.39. The molecule has 0 saturated carbocycles. The fraction of sp³-hybridized carbons (Fsp3) is 0.650. The number of nitrogens with zero attached hydrogens (tertiary/aromatic N) is 1. The predicted molar refractivity (Wildman–Crippen MR) is 105 cm³/mol. The number of hydrogen-bond acceptors (Lipinski definition) is 4. The summed E-state index contributed by atoms with van der Waals surface area (Å²) < 4.78 is 10.6. The minimum Gasteiger partial charge on any atom is -0.497 e. The van der Waals surface area contributed by atoms with E-state index >= 15 is 0 Å². The Morgan fingerprint density at radius 3 is 2.62 bits per heavy atom. The van der Waals surface area contributed by atoms with E-state index in [1.165, 1.54) is 12.0 Å². The highest BCUT2D eigenvalue weighted by Gasteiger charge is 2.25. The van der Waals surface area contributed by atoms with Crippen LogP contribution in [0.3, 0.4) is 0 Å². The molecule has 3 rings (SSSR count). The molecule has 2 aliphatic rings. The van der Waals surface area contributed by atoms with Gasteiger partial charge in [-0.2, -0.15) is 0 Å². The van der Waals surface area contributed by atoms with E-state index < -0.39 is 0 Å². The van der Waals surface area contributed by atoms with Gasteiger partial charge in [0, 0.05) is 32.1 Å². The molecule has 1 amide bonds. The van der Waals surface area contributed by atoms with Crippen molar-refractivity contribution >= 4 is 18.3 Å². The second-order valence-corrected chi connectivity index (χ2v) is 7.14. The summed E-state index contributed by atoms with van der Waals surface area (Å²) in [4.78, 5) is 14.5. The van der Waals surface area contributed by atoms with Crippen LogP contribution in [0.5, 0.6) is 5.75 Å². The number of halogens is 1. The molecular formula is C20H31ClN2O3. The lowest BCUT2D eigenvalue weighted by Crippen LogP contribution is -2.46. The molecule has 5 nitrogen and oxygen atoms in total. The second-order valence-electron chi connectivity index (χ2n) is 7.14. The highest BCUT2D eigenvalue weighted by atomic mass is 35.5. The molecule has 26 heavy (non-hydrogen) atoms. The Kier molecular flexibility index (Phi) is 8.69. The number of methoxy groups -OCH3 is 1. The summed E-state index contributed by atoms with van der Waals surface area (Å²) in [5.41, 5.74) is 1.36. The van der Waals surface area contributed by atoms with Crippen molar-refractivity contribution in [3.8, 4) is 5.75 Å². The maximum atomic E-state index is 12.4. The van der Waals surface area contributed by atoms with Gasteiger partial charge in [-0.25, -0.2) is 0 Å². The maximum absolute atomic E-state index is 12.4. The maximum Gasteiger partial charge on any atom is 0.224 e. The minimum absolute atomic E-state index is 0. The van der Waals surface area contributed by atoms with Gasteiger partial charge in [0.15, 0.2) is 0 Å². The van der Waals surface area contributed by atoms with Crippen LogP contribution in [0.4, 0.5) is 0 Å². The van der Waals surface area contributed by atoms with Crippen LogP contribution in [0.2, 0.25) is 0 Å². The molecule has 2 aliphatic heterocycles. The summed E-state index contributed by atoms with van der Waals surface area (Å²) in [6, 6.07) is 8.54. The van der Waals surface area contributed by atoms with E-state index in [1.807, 2.05) is 17.0 Å². The fourth-order valence-electron chi connectivity index (χ4n) is 3.72. The average Bonchev–Trinajstić information content (AvgIpc) is 2.68. The zero-order chi connectivity index (χ0) is 17.5. The number of carbonyl (C=O) groups excluding carboxylic acids is 1. The molecule has 1 aromatic rings. The first-order valence-corrected chi connectivity index (χ1v) is 9.46. The molecule has 0 radical (unpaired) electrons. The lowest BCUT2D eigenvalue weighted by molar-refractivity contribution is -0.133. The van der Waals surface area contributed by atoms with Gasteiger partial charge < -0.3 is 19.7 Å². The summed E-state index contributed by atoms with van der Waals surface area (Å²) in [5, 5.41) is 3.36. The Bertz CT molecular complexity index is 538. The van der Waals surface area contributed by atoms with Crippen LogP contribution in [0.15, 0.2) is 24.3 Å². The number of piperidine rings is 1. The monoisotopic (exact) mass is 382 g/mol. The SMILES string of the molecule is COc1ccc(CCC2CCN(C(=O)CC3COCCN3)CC2)cc1.Cl. The first-order chi connectivity index (χ1) is 12.2. The molecule has 0 aromatic heterocycles. The molecule has 1 unspecified atom stereocenters. The van der Waals surface area contributed by atoms with E-state index in [4.69, 9.17) is 9.47 Å². The molecule has 1 atom stereocenters. The molecule has 146 valence electrons. The molecule has 2 fully saturated rings. The highest BCUT2D eigenvalue weighted by molar-refractivity contribution is 5.85. The van der Waals surface area contributed by atoms with Crippen molar-refractivity contribution in [3.05, 3.63) is 29.8 Å². The Labute approximate surface area is 162 Å². The van der Waals surface area contributed by atoms with E-state index in [0.717, 1.165) is 57.2 Å². The summed E-state index contributed by atoms with van der Waals surface area (Å²) >= 11 is 0. The summed E-state index contributed by atoms with van der Waals surface area (Å²) in [5.74, 6) is 1.91. The van der Waals surface area contributed by atoms with E-state index in [1.54, 1.807) is 7.11 Å².